The number of allylic oxidation sites excluding steroid dienone is 1. The van der Waals surface area contributed by atoms with Crippen molar-refractivity contribution >= 4 is 16.9 Å². The van der Waals surface area contributed by atoms with E-state index >= 15 is 0 Å². The molecule has 0 bridgehead atoms. The zero-order valence-corrected chi connectivity index (χ0v) is 23.2. The average molecular weight is 579 g/mol. The number of ether oxygens (including phenoxy) is 5. The van der Waals surface area contributed by atoms with Crippen LogP contribution in [0.1, 0.15) is 23.5 Å². The van der Waals surface area contributed by atoms with Crippen LogP contribution in [-0.2, 0) is 25.5 Å². The lowest BCUT2D eigenvalue weighted by Crippen LogP contribution is -2.49. The maximum Gasteiger partial charge on any atom is 0.288 e. The molecule has 3 aromatic rings. The molecule has 1 N–H and O–H groups in total. The first kappa shape index (κ1) is 28.2. The predicted molar refractivity (Wildman–Crippen MR) is 151 cm³/mol. The van der Waals surface area contributed by atoms with E-state index in [1.807, 2.05) is 24.3 Å². The molecule has 11 nitrogen and oxygen atoms in total. The number of amides is 1. The summed E-state index contributed by atoms with van der Waals surface area (Å²) in [5.41, 5.74) is 1.93. The molecule has 1 saturated heterocycles. The number of carbonyl (C=O) groups excluding carboxylic acids is 1. The molecule has 0 spiro atoms. The molecule has 11 heteroatoms. The summed E-state index contributed by atoms with van der Waals surface area (Å²) in [4.78, 5) is 31.1. The Kier molecular flexibility index (Phi) is 8.71. The minimum atomic E-state index is -0.755. The highest BCUT2D eigenvalue weighted by molar-refractivity contribution is 5.92. The molecule has 3 aliphatic heterocycles. The van der Waals surface area contributed by atoms with Crippen LogP contribution in [0.25, 0.3) is 11.0 Å². The van der Waals surface area contributed by atoms with Gasteiger partial charge in [-0.15, -0.1) is 0 Å². The molecule has 0 saturated carbocycles. The lowest BCUT2D eigenvalue weighted by Gasteiger charge is -2.36. The summed E-state index contributed by atoms with van der Waals surface area (Å²) < 4.78 is 33.9. The second kappa shape index (κ2) is 13.0. The van der Waals surface area contributed by atoms with Crippen LogP contribution in [0.2, 0.25) is 0 Å². The summed E-state index contributed by atoms with van der Waals surface area (Å²) in [6.45, 7) is 4.07. The number of hydrogen-bond donors (Lipinski definition) is 1. The van der Waals surface area contributed by atoms with Crippen molar-refractivity contribution in [3.05, 3.63) is 81.9 Å². The van der Waals surface area contributed by atoms with E-state index in [1.165, 1.54) is 6.26 Å². The van der Waals surface area contributed by atoms with Gasteiger partial charge in [-0.1, -0.05) is 18.2 Å². The number of piperazine rings is 1. The summed E-state index contributed by atoms with van der Waals surface area (Å²) in [5.74, 6) is 1.00. The van der Waals surface area contributed by atoms with E-state index in [9.17, 15) is 9.59 Å². The van der Waals surface area contributed by atoms with Crippen molar-refractivity contribution in [1.82, 2.24) is 9.80 Å². The second-order valence-electron chi connectivity index (χ2n) is 10.4. The molecule has 4 heterocycles. The molecule has 1 amide bonds. The molecular formula is C31H34N2O9. The molecule has 1 aromatic heterocycles. The number of rotatable bonds is 10. The van der Waals surface area contributed by atoms with Gasteiger partial charge in [0.05, 0.1) is 38.1 Å². The van der Waals surface area contributed by atoms with Crippen molar-refractivity contribution in [2.75, 3.05) is 59.4 Å². The highest BCUT2D eigenvalue weighted by Gasteiger charge is 2.33. The standard InChI is InChI=1S/C31H34N2O9/c34-11-12-37-13-14-38-29-17-22(24-19-39-25-4-2-1-3-23(25)30(24)35)16-28(42-29)31(36)33-9-7-32(8-10-33)18-21-5-6-26-27(15-21)41-20-40-26/h1-6,15-16,19,22,29,34H,7-14,17-18,20H2/t22-,29+/m0/s1. The van der Waals surface area contributed by atoms with Crippen molar-refractivity contribution < 1.29 is 38.0 Å². The molecule has 0 aliphatic carbocycles. The lowest BCUT2D eigenvalue weighted by atomic mass is 9.93. The summed E-state index contributed by atoms with van der Waals surface area (Å²) >= 11 is 0. The fourth-order valence-corrected chi connectivity index (χ4v) is 5.44. The van der Waals surface area contributed by atoms with Gasteiger partial charge in [-0.25, -0.2) is 0 Å². The minimum Gasteiger partial charge on any atom is -0.464 e. The largest absolute Gasteiger partial charge is 0.464 e. The lowest BCUT2D eigenvalue weighted by molar-refractivity contribution is -0.157. The Morgan fingerprint density at radius 3 is 2.69 bits per heavy atom. The summed E-state index contributed by atoms with van der Waals surface area (Å²) in [6, 6.07) is 13.0. The number of nitrogens with zero attached hydrogens (tertiary/aromatic N) is 2. The number of benzene rings is 2. The normalized spacial score (nSPS) is 20.4. The van der Waals surface area contributed by atoms with Gasteiger partial charge in [-0.05, 0) is 35.9 Å². The van der Waals surface area contributed by atoms with Gasteiger partial charge in [0.1, 0.15) is 5.58 Å². The van der Waals surface area contributed by atoms with Gasteiger partial charge in [0.2, 0.25) is 13.1 Å². The molecule has 1 fully saturated rings. The van der Waals surface area contributed by atoms with E-state index < -0.39 is 12.2 Å². The van der Waals surface area contributed by atoms with E-state index in [1.54, 1.807) is 29.2 Å². The third kappa shape index (κ3) is 6.29. The van der Waals surface area contributed by atoms with Crippen LogP contribution in [0.4, 0.5) is 0 Å². The first-order valence-corrected chi connectivity index (χ1v) is 14.2. The Balaban J connectivity index is 1.14. The Morgan fingerprint density at radius 2 is 1.83 bits per heavy atom. The fraction of sp³-hybridized carbons (Fsp3) is 0.419. The predicted octanol–water partition coefficient (Wildman–Crippen LogP) is 2.61. The van der Waals surface area contributed by atoms with E-state index in [0.29, 0.717) is 49.1 Å². The first-order chi connectivity index (χ1) is 20.6. The number of aliphatic hydroxyl groups is 1. The van der Waals surface area contributed by atoms with Crippen LogP contribution < -0.4 is 14.9 Å². The van der Waals surface area contributed by atoms with Gasteiger partial charge in [0.25, 0.3) is 5.91 Å². The molecule has 3 aliphatic rings. The van der Waals surface area contributed by atoms with Gasteiger partial charge < -0.3 is 38.1 Å². The Morgan fingerprint density at radius 1 is 1.00 bits per heavy atom. The van der Waals surface area contributed by atoms with Crippen molar-refractivity contribution in [3.8, 4) is 11.5 Å². The fourth-order valence-electron chi connectivity index (χ4n) is 5.44. The van der Waals surface area contributed by atoms with Crippen LogP contribution in [0.5, 0.6) is 11.5 Å². The monoisotopic (exact) mass is 578 g/mol. The Labute approximate surface area is 242 Å². The van der Waals surface area contributed by atoms with Crippen LogP contribution in [-0.4, -0.2) is 86.5 Å². The maximum absolute atomic E-state index is 13.7. The molecular weight excluding hydrogens is 544 g/mol. The molecule has 0 unspecified atom stereocenters. The molecule has 222 valence electrons. The average Bonchev–Trinajstić information content (AvgIpc) is 3.49. The van der Waals surface area contributed by atoms with Crippen LogP contribution >= 0.6 is 0 Å². The van der Waals surface area contributed by atoms with Crippen LogP contribution in [0, 0.1) is 0 Å². The molecule has 2 atom stereocenters. The zero-order chi connectivity index (χ0) is 28.9. The van der Waals surface area contributed by atoms with E-state index in [2.05, 4.69) is 4.90 Å². The topological polar surface area (TPSA) is 120 Å². The van der Waals surface area contributed by atoms with Crippen molar-refractivity contribution in [3.63, 3.8) is 0 Å². The number of para-hydroxylation sites is 1. The van der Waals surface area contributed by atoms with Crippen LogP contribution in [0.3, 0.4) is 0 Å². The van der Waals surface area contributed by atoms with E-state index in [-0.39, 0.29) is 50.3 Å². The minimum absolute atomic E-state index is 0.0783. The third-order valence-electron chi connectivity index (χ3n) is 7.64. The maximum atomic E-state index is 13.7. The third-order valence-corrected chi connectivity index (χ3v) is 7.64. The highest BCUT2D eigenvalue weighted by atomic mass is 16.7. The van der Waals surface area contributed by atoms with Gasteiger partial charge in [0, 0.05) is 50.6 Å². The van der Waals surface area contributed by atoms with Gasteiger partial charge in [-0.3, -0.25) is 14.5 Å². The zero-order valence-electron chi connectivity index (χ0n) is 23.2. The van der Waals surface area contributed by atoms with E-state index in [4.69, 9.17) is 33.2 Å². The Bertz CT molecular complexity index is 1500. The molecule has 0 radical (unpaired) electrons. The number of carbonyl (C=O) groups is 1. The molecule has 2 aromatic carbocycles. The molecule has 42 heavy (non-hydrogen) atoms. The van der Waals surface area contributed by atoms with Crippen LogP contribution in [0.15, 0.2) is 69.8 Å². The number of fused-ring (bicyclic) bond motifs is 2. The Hall–Kier alpha value is -3.90. The van der Waals surface area contributed by atoms with Crippen molar-refractivity contribution in [1.29, 1.82) is 0 Å². The van der Waals surface area contributed by atoms with Gasteiger partial charge >= 0.3 is 0 Å². The molecule has 6 rings (SSSR count). The quantitative estimate of drug-likeness (QED) is 0.360. The van der Waals surface area contributed by atoms with E-state index in [0.717, 1.165) is 23.6 Å². The SMILES string of the molecule is O=C(C1=C[C@H](c2coc3ccccc3c2=O)C[C@H](OCCOCCO)O1)N1CCN(Cc2ccc3c(c2)OCO3)CC1. The number of hydrogen-bond acceptors (Lipinski definition) is 10. The summed E-state index contributed by atoms with van der Waals surface area (Å²) in [7, 11) is 0. The summed E-state index contributed by atoms with van der Waals surface area (Å²) in [6.07, 6.45) is 2.76. The van der Waals surface area contributed by atoms with Crippen molar-refractivity contribution in [2.24, 2.45) is 0 Å². The first-order valence-electron chi connectivity index (χ1n) is 14.2. The highest BCUT2D eigenvalue weighted by Crippen LogP contribution is 2.34. The van der Waals surface area contributed by atoms with Crippen molar-refractivity contribution in [2.45, 2.75) is 25.2 Å². The van der Waals surface area contributed by atoms with Gasteiger partial charge in [0.15, 0.2) is 22.7 Å². The smallest absolute Gasteiger partial charge is 0.288 e. The number of aliphatic hydroxyl groups excluding tert-OH is 1. The second-order valence-corrected chi connectivity index (χ2v) is 10.4. The van der Waals surface area contributed by atoms with Gasteiger partial charge in [-0.2, -0.15) is 0 Å². The summed E-state index contributed by atoms with van der Waals surface area (Å²) in [5, 5.41) is 9.41.